The van der Waals surface area contributed by atoms with E-state index in [1.807, 2.05) is 44.2 Å². The topological polar surface area (TPSA) is 90.4 Å². The minimum absolute atomic E-state index is 0.0952. The van der Waals surface area contributed by atoms with E-state index >= 15 is 0 Å². The van der Waals surface area contributed by atoms with Crippen LogP contribution in [0.25, 0.3) is 0 Å². The van der Waals surface area contributed by atoms with Crippen LogP contribution in [0.5, 0.6) is 0 Å². The molecule has 41 heavy (non-hydrogen) atoms. The number of halogens is 1. The number of carbonyl (C=O) groups is 3. The first-order valence-electron chi connectivity index (χ1n) is 14.8. The van der Waals surface area contributed by atoms with Gasteiger partial charge in [0.25, 0.3) is 0 Å². The first kappa shape index (κ1) is 31.4. The Labute approximate surface area is 252 Å². The maximum Gasteiger partial charge on any atom is 0.248 e. The van der Waals surface area contributed by atoms with Gasteiger partial charge < -0.3 is 24.5 Å². The highest BCUT2D eigenvalue weighted by Crippen LogP contribution is 2.60. The van der Waals surface area contributed by atoms with Crippen LogP contribution in [0, 0.1) is 11.8 Å². The third kappa shape index (κ3) is 6.04. The quantitative estimate of drug-likeness (QED) is 0.180. The molecule has 6 atom stereocenters. The Morgan fingerprint density at radius 3 is 2.44 bits per heavy atom. The van der Waals surface area contributed by atoms with Crippen molar-refractivity contribution in [3.8, 4) is 0 Å². The maximum atomic E-state index is 14.3. The number of aliphatic hydroxyl groups is 1. The summed E-state index contributed by atoms with van der Waals surface area (Å²) in [6, 6.07) is 8.86. The summed E-state index contributed by atoms with van der Waals surface area (Å²) in [4.78, 5) is 47.9. The van der Waals surface area contributed by atoms with Crippen molar-refractivity contribution in [3.05, 3.63) is 61.2 Å². The van der Waals surface area contributed by atoms with Crippen LogP contribution >= 0.6 is 15.9 Å². The molecule has 0 saturated carbocycles. The summed E-state index contributed by atoms with van der Waals surface area (Å²) in [7, 11) is 0. The van der Waals surface area contributed by atoms with E-state index in [1.54, 1.807) is 26.9 Å². The van der Waals surface area contributed by atoms with Gasteiger partial charge in [0.05, 0.1) is 17.9 Å². The molecule has 224 valence electrons. The van der Waals surface area contributed by atoms with Crippen LogP contribution in [0.2, 0.25) is 0 Å². The number of unbranched alkanes of at least 4 members (excludes halogenated alkanes) is 3. The third-order valence-electron chi connectivity index (χ3n) is 8.73. The lowest BCUT2D eigenvalue weighted by Crippen LogP contribution is -2.58. The van der Waals surface area contributed by atoms with Crippen LogP contribution in [0.4, 0.5) is 0 Å². The lowest BCUT2D eigenvalue weighted by atomic mass is 9.70. The van der Waals surface area contributed by atoms with Crippen molar-refractivity contribution in [1.82, 2.24) is 14.7 Å². The predicted octanol–water partition coefficient (Wildman–Crippen LogP) is 3.92. The minimum Gasteiger partial charge on any atom is -0.396 e. The van der Waals surface area contributed by atoms with E-state index < -0.39 is 29.6 Å². The van der Waals surface area contributed by atoms with Crippen molar-refractivity contribution < 1.29 is 24.2 Å². The molecule has 3 aliphatic heterocycles. The van der Waals surface area contributed by atoms with Crippen molar-refractivity contribution in [2.45, 2.75) is 81.1 Å². The number of hydrogen-bond donors (Lipinski definition) is 1. The standard InChI is InChI=1S/C32H44BrN3O5/c1-5-16-34(21-23-14-10-9-11-15-23)29(38)25-26-30(39)36(18-12-7-8-13-19-37)28(31(40)35(17-6-2)22(3)4)32(26)20-24(33)27(25)41-32/h5-6,9-11,14-15,22,24-28,37H,1-2,7-8,12-13,16-21H2,3-4H3/t24?,25-,26-,27-,28?,32?/m0/s1. The van der Waals surface area contributed by atoms with Gasteiger partial charge in [-0.05, 0) is 38.7 Å². The van der Waals surface area contributed by atoms with Gasteiger partial charge in [0.15, 0.2) is 0 Å². The fraction of sp³-hybridized carbons (Fsp3) is 0.594. The van der Waals surface area contributed by atoms with Gasteiger partial charge in [-0.25, -0.2) is 0 Å². The number of ether oxygens (including phenoxy) is 1. The molecule has 0 radical (unpaired) electrons. The van der Waals surface area contributed by atoms with E-state index in [-0.39, 0.29) is 35.2 Å². The zero-order valence-electron chi connectivity index (χ0n) is 24.3. The van der Waals surface area contributed by atoms with Crippen molar-refractivity contribution >= 4 is 33.7 Å². The molecule has 1 spiro atoms. The van der Waals surface area contributed by atoms with Crippen LogP contribution in [-0.4, -0.2) is 92.4 Å². The lowest BCUT2D eigenvalue weighted by Gasteiger charge is -2.38. The molecule has 3 fully saturated rings. The Morgan fingerprint density at radius 2 is 1.80 bits per heavy atom. The number of benzene rings is 1. The number of nitrogens with zero attached hydrogens (tertiary/aromatic N) is 3. The third-order valence-corrected chi connectivity index (χ3v) is 9.57. The van der Waals surface area contributed by atoms with Crippen molar-refractivity contribution in [3.63, 3.8) is 0 Å². The molecule has 2 bridgehead atoms. The predicted molar refractivity (Wildman–Crippen MR) is 162 cm³/mol. The summed E-state index contributed by atoms with van der Waals surface area (Å²) in [5.41, 5.74) is -0.0940. The van der Waals surface area contributed by atoms with E-state index in [2.05, 4.69) is 29.1 Å². The van der Waals surface area contributed by atoms with Crippen molar-refractivity contribution in [2.75, 3.05) is 26.2 Å². The number of rotatable bonds is 15. The van der Waals surface area contributed by atoms with E-state index in [9.17, 15) is 19.5 Å². The number of likely N-dealkylation sites (tertiary alicyclic amines) is 1. The Balaban J connectivity index is 1.70. The number of carbonyl (C=O) groups excluding carboxylic acids is 3. The average Bonchev–Trinajstić information content (AvgIpc) is 3.54. The van der Waals surface area contributed by atoms with Gasteiger partial charge in [0.2, 0.25) is 17.7 Å². The number of amides is 3. The molecule has 0 aliphatic carbocycles. The van der Waals surface area contributed by atoms with Crippen LogP contribution < -0.4 is 0 Å². The van der Waals surface area contributed by atoms with Crippen LogP contribution in [-0.2, 0) is 25.7 Å². The lowest BCUT2D eigenvalue weighted by molar-refractivity contribution is -0.149. The summed E-state index contributed by atoms with van der Waals surface area (Å²) in [6.45, 7) is 13.3. The summed E-state index contributed by atoms with van der Waals surface area (Å²) in [6.07, 6.45) is 6.47. The first-order chi connectivity index (χ1) is 19.7. The van der Waals surface area contributed by atoms with Gasteiger partial charge >= 0.3 is 0 Å². The summed E-state index contributed by atoms with van der Waals surface area (Å²) < 4.78 is 6.71. The molecular weight excluding hydrogens is 586 g/mol. The minimum atomic E-state index is -1.08. The summed E-state index contributed by atoms with van der Waals surface area (Å²) in [5.74, 6) is -1.92. The second-order valence-electron chi connectivity index (χ2n) is 11.7. The normalized spacial score (nSPS) is 28.2. The monoisotopic (exact) mass is 629 g/mol. The van der Waals surface area contributed by atoms with Crippen LogP contribution in [0.15, 0.2) is 55.6 Å². The highest BCUT2D eigenvalue weighted by atomic mass is 79.9. The summed E-state index contributed by atoms with van der Waals surface area (Å²) in [5, 5.41) is 9.17. The number of alkyl halides is 1. The Morgan fingerprint density at radius 1 is 1.12 bits per heavy atom. The Kier molecular flexibility index (Phi) is 10.5. The van der Waals surface area contributed by atoms with Gasteiger partial charge in [-0.1, -0.05) is 71.3 Å². The maximum absolute atomic E-state index is 14.3. The zero-order valence-corrected chi connectivity index (χ0v) is 25.9. The van der Waals surface area contributed by atoms with Crippen molar-refractivity contribution in [1.29, 1.82) is 0 Å². The molecular formula is C32H44BrN3O5. The molecule has 1 N–H and O–H groups in total. The number of hydrogen-bond acceptors (Lipinski definition) is 5. The largest absolute Gasteiger partial charge is 0.396 e. The molecule has 1 aromatic rings. The van der Waals surface area contributed by atoms with E-state index in [1.165, 1.54) is 0 Å². The highest BCUT2D eigenvalue weighted by Gasteiger charge is 2.76. The molecule has 4 rings (SSSR count). The van der Waals surface area contributed by atoms with E-state index in [0.29, 0.717) is 45.4 Å². The first-order valence-corrected chi connectivity index (χ1v) is 15.7. The Hall–Kier alpha value is -2.49. The second kappa shape index (κ2) is 13.7. The number of aliphatic hydroxyl groups excluding tert-OH is 1. The van der Waals surface area contributed by atoms with Gasteiger partial charge in [-0.2, -0.15) is 0 Å². The molecule has 3 saturated heterocycles. The van der Waals surface area contributed by atoms with Crippen LogP contribution in [0.3, 0.4) is 0 Å². The fourth-order valence-electron chi connectivity index (χ4n) is 6.93. The number of fused-ring (bicyclic) bond motifs is 1. The molecule has 3 heterocycles. The smallest absolute Gasteiger partial charge is 0.248 e. The molecule has 1 aromatic carbocycles. The molecule has 3 aliphatic rings. The van der Waals surface area contributed by atoms with Gasteiger partial charge in [0, 0.05) is 43.7 Å². The molecule has 8 nitrogen and oxygen atoms in total. The molecule has 3 unspecified atom stereocenters. The zero-order chi connectivity index (χ0) is 29.7. The summed E-state index contributed by atoms with van der Waals surface area (Å²) >= 11 is 3.77. The van der Waals surface area contributed by atoms with E-state index in [4.69, 9.17) is 4.74 Å². The Bertz CT molecular complexity index is 1110. The molecule has 9 heteroatoms. The fourth-order valence-corrected chi connectivity index (χ4v) is 7.88. The molecule has 3 amide bonds. The van der Waals surface area contributed by atoms with Gasteiger partial charge in [-0.15, -0.1) is 13.2 Å². The van der Waals surface area contributed by atoms with Gasteiger partial charge in [0.1, 0.15) is 11.6 Å². The second-order valence-corrected chi connectivity index (χ2v) is 12.9. The average molecular weight is 631 g/mol. The van der Waals surface area contributed by atoms with E-state index in [0.717, 1.165) is 18.4 Å². The van der Waals surface area contributed by atoms with Gasteiger partial charge in [-0.3, -0.25) is 14.4 Å². The molecule has 0 aromatic heterocycles. The van der Waals surface area contributed by atoms with Crippen LogP contribution in [0.1, 0.15) is 51.5 Å². The SMILES string of the molecule is C=CCN(Cc1ccccc1)C(=O)[C@H]1[C@H]2C(=O)N(CCCCCCO)C(C(=O)N(CC=C)C(C)C)C23CC(Br)[C@@H]1O3. The highest BCUT2D eigenvalue weighted by molar-refractivity contribution is 9.09. The van der Waals surface area contributed by atoms with Crippen molar-refractivity contribution in [2.24, 2.45) is 11.8 Å².